The van der Waals surface area contributed by atoms with E-state index < -0.39 is 0 Å². The Morgan fingerprint density at radius 2 is 2.00 bits per heavy atom. The second kappa shape index (κ2) is 12.9. The molecule has 23 heavy (non-hydrogen) atoms. The van der Waals surface area contributed by atoms with E-state index in [1.54, 1.807) is 11.3 Å². The molecular weight excluding hydrogens is 421 g/mol. The molecule has 0 bridgehead atoms. The first-order valence-corrected chi connectivity index (χ1v) is 9.15. The molecule has 0 aliphatic rings. The topological polar surface area (TPSA) is 52.6 Å². The van der Waals surface area contributed by atoms with E-state index in [0.717, 1.165) is 55.8 Å². The third-order valence-electron chi connectivity index (χ3n) is 3.63. The Morgan fingerprint density at radius 3 is 2.52 bits per heavy atom. The molecule has 1 rings (SSSR count). The van der Waals surface area contributed by atoms with Crippen LogP contribution in [0.5, 0.6) is 0 Å². The first-order chi connectivity index (χ1) is 10.6. The van der Waals surface area contributed by atoms with Gasteiger partial charge in [-0.1, -0.05) is 13.8 Å². The van der Waals surface area contributed by atoms with Crippen LogP contribution in [0.1, 0.15) is 38.4 Å². The second-order valence-corrected chi connectivity index (χ2v) is 6.39. The molecule has 0 radical (unpaired) electrons. The number of nitrogens with zero attached hydrogens (tertiary/aromatic N) is 3. The molecule has 1 atom stereocenters. The summed E-state index contributed by atoms with van der Waals surface area (Å²) >= 11 is 1.71. The van der Waals surface area contributed by atoms with Crippen LogP contribution in [-0.4, -0.2) is 54.6 Å². The van der Waals surface area contributed by atoms with E-state index in [0.29, 0.717) is 6.04 Å². The van der Waals surface area contributed by atoms with Crippen LogP contribution < -0.4 is 10.6 Å². The zero-order valence-corrected chi connectivity index (χ0v) is 18.2. The Labute approximate surface area is 162 Å². The molecule has 134 valence electrons. The van der Waals surface area contributed by atoms with Crippen molar-refractivity contribution >= 4 is 41.3 Å². The van der Waals surface area contributed by atoms with Crippen LogP contribution in [0.3, 0.4) is 0 Å². The standard InChI is InChI=1S/C16H31N5S.HI/c1-6-17-16(19-11-13(4)21(7-2)8-3)18-10-9-15-12-22-14(5)20-15;/h12-13H,6-11H2,1-5H3,(H2,17,18,19);1H. The maximum absolute atomic E-state index is 4.70. The fourth-order valence-corrected chi connectivity index (χ4v) is 3.01. The van der Waals surface area contributed by atoms with Crippen LogP contribution in [-0.2, 0) is 6.42 Å². The molecule has 0 fully saturated rings. The predicted octanol–water partition coefficient (Wildman–Crippen LogP) is 2.90. The normalized spacial score (nSPS) is 12.9. The summed E-state index contributed by atoms with van der Waals surface area (Å²) in [6, 6.07) is 0.464. The number of rotatable bonds is 9. The number of aryl methyl sites for hydroxylation is 1. The Hall–Kier alpha value is -0.410. The second-order valence-electron chi connectivity index (χ2n) is 5.32. The first kappa shape index (κ1) is 22.6. The molecule has 0 aliphatic heterocycles. The van der Waals surface area contributed by atoms with E-state index in [9.17, 15) is 0 Å². The van der Waals surface area contributed by atoms with Crippen molar-refractivity contribution in [2.45, 2.75) is 47.1 Å². The zero-order chi connectivity index (χ0) is 16.4. The van der Waals surface area contributed by atoms with E-state index in [2.05, 4.69) is 53.6 Å². The number of halogens is 1. The summed E-state index contributed by atoms with van der Waals surface area (Å²) < 4.78 is 0. The van der Waals surface area contributed by atoms with Gasteiger partial charge in [-0.25, -0.2) is 4.98 Å². The van der Waals surface area contributed by atoms with Crippen molar-refractivity contribution in [2.75, 3.05) is 32.7 Å². The molecule has 7 heteroatoms. The summed E-state index contributed by atoms with van der Waals surface area (Å²) in [7, 11) is 0. The SMILES string of the molecule is CCNC(=NCC(C)N(CC)CC)NCCc1csc(C)n1.I. The number of nitrogens with one attached hydrogen (secondary N) is 2. The van der Waals surface area contributed by atoms with Crippen LogP contribution in [0.2, 0.25) is 0 Å². The number of aliphatic imine (C=N–C) groups is 1. The average molecular weight is 453 g/mol. The molecule has 0 saturated heterocycles. The highest BCUT2D eigenvalue weighted by Crippen LogP contribution is 2.07. The van der Waals surface area contributed by atoms with E-state index in [1.165, 1.54) is 0 Å². The molecule has 1 heterocycles. The lowest BCUT2D eigenvalue weighted by molar-refractivity contribution is 0.237. The van der Waals surface area contributed by atoms with E-state index in [4.69, 9.17) is 4.99 Å². The van der Waals surface area contributed by atoms with Gasteiger partial charge in [-0.3, -0.25) is 9.89 Å². The van der Waals surface area contributed by atoms with Gasteiger partial charge in [0, 0.05) is 30.9 Å². The lowest BCUT2D eigenvalue weighted by Gasteiger charge is -2.25. The van der Waals surface area contributed by atoms with Gasteiger partial charge in [0.25, 0.3) is 0 Å². The van der Waals surface area contributed by atoms with Gasteiger partial charge in [0.1, 0.15) is 0 Å². The Morgan fingerprint density at radius 1 is 1.30 bits per heavy atom. The molecule has 1 unspecified atom stereocenters. The third kappa shape index (κ3) is 8.85. The Kier molecular flexibility index (Phi) is 12.7. The fourth-order valence-electron chi connectivity index (χ4n) is 2.36. The van der Waals surface area contributed by atoms with Crippen molar-refractivity contribution in [1.82, 2.24) is 20.5 Å². The minimum absolute atomic E-state index is 0. The molecule has 2 N–H and O–H groups in total. The van der Waals surface area contributed by atoms with Gasteiger partial charge >= 0.3 is 0 Å². The zero-order valence-electron chi connectivity index (χ0n) is 15.1. The summed E-state index contributed by atoms with van der Waals surface area (Å²) in [4.78, 5) is 11.6. The number of aromatic nitrogens is 1. The van der Waals surface area contributed by atoms with Crippen LogP contribution in [0.4, 0.5) is 0 Å². The lowest BCUT2D eigenvalue weighted by Crippen LogP contribution is -2.40. The van der Waals surface area contributed by atoms with Crippen LogP contribution in [0.25, 0.3) is 0 Å². The highest BCUT2D eigenvalue weighted by molar-refractivity contribution is 14.0. The fraction of sp³-hybridized carbons (Fsp3) is 0.750. The minimum Gasteiger partial charge on any atom is -0.357 e. The maximum Gasteiger partial charge on any atom is 0.191 e. The van der Waals surface area contributed by atoms with E-state index in [-0.39, 0.29) is 24.0 Å². The molecular formula is C16H32IN5S. The molecule has 0 spiro atoms. The first-order valence-electron chi connectivity index (χ1n) is 8.27. The smallest absolute Gasteiger partial charge is 0.191 e. The molecule has 0 aromatic carbocycles. The van der Waals surface area contributed by atoms with Crippen LogP contribution >= 0.6 is 35.3 Å². The molecule has 1 aromatic heterocycles. The highest BCUT2D eigenvalue weighted by atomic mass is 127. The van der Waals surface area contributed by atoms with Gasteiger partial charge in [-0.15, -0.1) is 35.3 Å². The monoisotopic (exact) mass is 453 g/mol. The number of hydrogen-bond acceptors (Lipinski definition) is 4. The van der Waals surface area contributed by atoms with Gasteiger partial charge in [0.2, 0.25) is 0 Å². The third-order valence-corrected chi connectivity index (χ3v) is 4.46. The van der Waals surface area contributed by atoms with Crippen molar-refractivity contribution in [2.24, 2.45) is 4.99 Å². The predicted molar refractivity (Wildman–Crippen MR) is 112 cm³/mol. The summed E-state index contributed by atoms with van der Waals surface area (Å²) in [6.07, 6.45) is 0.931. The van der Waals surface area contributed by atoms with E-state index in [1.807, 2.05) is 6.92 Å². The molecule has 0 aliphatic carbocycles. The minimum atomic E-state index is 0. The molecule has 1 aromatic rings. The summed E-state index contributed by atoms with van der Waals surface area (Å²) in [6.45, 7) is 15.4. The highest BCUT2D eigenvalue weighted by Gasteiger charge is 2.09. The van der Waals surface area contributed by atoms with Crippen molar-refractivity contribution < 1.29 is 0 Å². The number of hydrogen-bond donors (Lipinski definition) is 2. The number of likely N-dealkylation sites (N-methyl/N-ethyl adjacent to an activating group) is 1. The summed E-state index contributed by atoms with van der Waals surface area (Å²) in [5.41, 5.74) is 1.15. The van der Waals surface area contributed by atoms with Gasteiger partial charge in [-0.05, 0) is 33.9 Å². The average Bonchev–Trinajstić information content (AvgIpc) is 2.91. The van der Waals surface area contributed by atoms with Gasteiger partial charge in [0.05, 0.1) is 17.2 Å². The molecule has 0 saturated carbocycles. The number of thiazole rings is 1. The lowest BCUT2D eigenvalue weighted by atomic mass is 10.3. The van der Waals surface area contributed by atoms with Gasteiger partial charge in [-0.2, -0.15) is 0 Å². The van der Waals surface area contributed by atoms with Crippen molar-refractivity contribution in [3.05, 3.63) is 16.1 Å². The summed E-state index contributed by atoms with van der Waals surface area (Å²) in [5.74, 6) is 0.897. The van der Waals surface area contributed by atoms with Crippen molar-refractivity contribution in [1.29, 1.82) is 0 Å². The van der Waals surface area contributed by atoms with Crippen molar-refractivity contribution in [3.8, 4) is 0 Å². The Balaban J connectivity index is 0.00000484. The van der Waals surface area contributed by atoms with E-state index >= 15 is 0 Å². The maximum atomic E-state index is 4.70. The quantitative estimate of drug-likeness (QED) is 0.343. The number of guanidine groups is 1. The largest absolute Gasteiger partial charge is 0.357 e. The molecule has 5 nitrogen and oxygen atoms in total. The Bertz CT molecular complexity index is 445. The molecule has 0 amide bonds. The van der Waals surface area contributed by atoms with Crippen LogP contribution in [0.15, 0.2) is 10.4 Å². The van der Waals surface area contributed by atoms with Crippen molar-refractivity contribution in [3.63, 3.8) is 0 Å². The van der Waals surface area contributed by atoms with Gasteiger partial charge < -0.3 is 10.6 Å². The van der Waals surface area contributed by atoms with Gasteiger partial charge in [0.15, 0.2) is 5.96 Å². The summed E-state index contributed by atoms with van der Waals surface area (Å²) in [5, 5.41) is 9.96. The van der Waals surface area contributed by atoms with Crippen LogP contribution in [0, 0.1) is 6.92 Å².